The van der Waals surface area contributed by atoms with Crippen molar-refractivity contribution in [1.29, 1.82) is 0 Å². The standard InChI is InChI=1S/C15H24N2O3/c1-9-4-5-10(2)17(9)11(3)14(18)16-13-7-6-12(8-13)15(19)20/h6-7,9-13H,4-5,8H2,1-3H3,(H,16,18)(H,19,20). The molecule has 1 saturated heterocycles. The van der Waals surface area contributed by atoms with E-state index in [2.05, 4.69) is 24.1 Å². The monoisotopic (exact) mass is 280 g/mol. The number of likely N-dealkylation sites (tertiary alicyclic amines) is 1. The summed E-state index contributed by atoms with van der Waals surface area (Å²) in [7, 11) is 0. The number of amides is 1. The van der Waals surface area contributed by atoms with E-state index in [1.165, 1.54) is 0 Å². The smallest absolute Gasteiger partial charge is 0.310 e. The van der Waals surface area contributed by atoms with Gasteiger partial charge in [-0.2, -0.15) is 0 Å². The molecule has 1 fully saturated rings. The van der Waals surface area contributed by atoms with E-state index in [0.717, 1.165) is 12.8 Å². The Kier molecular flexibility index (Phi) is 4.48. The van der Waals surface area contributed by atoms with Crippen LogP contribution in [0.1, 0.15) is 40.0 Å². The van der Waals surface area contributed by atoms with Gasteiger partial charge >= 0.3 is 5.97 Å². The average Bonchev–Trinajstić information content (AvgIpc) is 2.96. The van der Waals surface area contributed by atoms with Crippen LogP contribution in [0.3, 0.4) is 0 Å². The number of nitrogens with one attached hydrogen (secondary N) is 1. The maximum absolute atomic E-state index is 12.3. The first kappa shape index (κ1) is 15.0. The first-order valence-electron chi connectivity index (χ1n) is 7.39. The Morgan fingerprint density at radius 2 is 1.85 bits per heavy atom. The first-order chi connectivity index (χ1) is 9.40. The summed E-state index contributed by atoms with van der Waals surface area (Å²) in [6.45, 7) is 6.24. The molecule has 2 aliphatic rings. The van der Waals surface area contributed by atoms with E-state index in [0.29, 0.717) is 18.5 Å². The average molecular weight is 280 g/mol. The maximum atomic E-state index is 12.3. The van der Waals surface area contributed by atoms with Gasteiger partial charge in [0.15, 0.2) is 0 Å². The summed E-state index contributed by atoms with van der Waals surface area (Å²) in [5.74, 6) is -1.31. The zero-order chi connectivity index (χ0) is 14.9. The summed E-state index contributed by atoms with van der Waals surface area (Å²) >= 11 is 0. The summed E-state index contributed by atoms with van der Waals surface area (Å²) in [5.41, 5.74) is 0. The highest BCUT2D eigenvalue weighted by Gasteiger charge is 2.35. The van der Waals surface area contributed by atoms with E-state index in [9.17, 15) is 9.59 Å². The second-order valence-corrected chi connectivity index (χ2v) is 6.08. The molecule has 0 aromatic heterocycles. The van der Waals surface area contributed by atoms with E-state index in [-0.39, 0.29) is 18.0 Å². The van der Waals surface area contributed by atoms with Crippen molar-refractivity contribution in [3.8, 4) is 0 Å². The van der Waals surface area contributed by atoms with Crippen LogP contribution in [-0.2, 0) is 9.59 Å². The highest BCUT2D eigenvalue weighted by molar-refractivity contribution is 5.82. The molecule has 0 radical (unpaired) electrons. The molecule has 0 spiro atoms. The minimum absolute atomic E-state index is 0.00807. The zero-order valence-corrected chi connectivity index (χ0v) is 12.4. The van der Waals surface area contributed by atoms with Crippen LogP contribution in [0.25, 0.3) is 0 Å². The molecule has 0 aromatic rings. The maximum Gasteiger partial charge on any atom is 0.310 e. The van der Waals surface area contributed by atoms with Crippen molar-refractivity contribution < 1.29 is 14.7 Å². The molecular weight excluding hydrogens is 256 g/mol. The largest absolute Gasteiger partial charge is 0.481 e. The lowest BCUT2D eigenvalue weighted by molar-refractivity contribution is -0.140. The lowest BCUT2D eigenvalue weighted by atomic mass is 10.1. The van der Waals surface area contributed by atoms with Gasteiger partial charge in [-0.15, -0.1) is 0 Å². The Labute approximate surface area is 120 Å². The van der Waals surface area contributed by atoms with Crippen LogP contribution in [0, 0.1) is 5.92 Å². The zero-order valence-electron chi connectivity index (χ0n) is 12.4. The van der Waals surface area contributed by atoms with Crippen molar-refractivity contribution >= 4 is 11.9 Å². The topological polar surface area (TPSA) is 69.6 Å². The van der Waals surface area contributed by atoms with E-state index in [4.69, 9.17) is 5.11 Å². The van der Waals surface area contributed by atoms with Crippen LogP contribution in [0.5, 0.6) is 0 Å². The summed E-state index contributed by atoms with van der Waals surface area (Å²) in [5, 5.41) is 11.9. The molecule has 0 bridgehead atoms. The fourth-order valence-electron chi connectivity index (χ4n) is 3.41. The van der Waals surface area contributed by atoms with Crippen LogP contribution in [0.15, 0.2) is 12.2 Å². The van der Waals surface area contributed by atoms with Crippen molar-refractivity contribution in [1.82, 2.24) is 10.2 Å². The van der Waals surface area contributed by atoms with Crippen molar-refractivity contribution in [3.63, 3.8) is 0 Å². The third-order valence-electron chi connectivity index (χ3n) is 4.58. The predicted octanol–water partition coefficient (Wildman–Crippen LogP) is 1.39. The molecule has 20 heavy (non-hydrogen) atoms. The lowest BCUT2D eigenvalue weighted by Crippen LogP contribution is -2.50. The van der Waals surface area contributed by atoms with Crippen LogP contribution >= 0.6 is 0 Å². The number of carbonyl (C=O) groups excluding carboxylic acids is 1. The van der Waals surface area contributed by atoms with Gasteiger partial charge in [-0.3, -0.25) is 14.5 Å². The Bertz CT molecular complexity index is 411. The normalized spacial score (nSPS) is 35.1. The fourth-order valence-corrected chi connectivity index (χ4v) is 3.41. The van der Waals surface area contributed by atoms with Gasteiger partial charge in [-0.25, -0.2) is 0 Å². The molecule has 1 aliphatic heterocycles. The lowest BCUT2D eigenvalue weighted by Gasteiger charge is -2.32. The summed E-state index contributed by atoms with van der Waals surface area (Å²) < 4.78 is 0. The van der Waals surface area contributed by atoms with Gasteiger partial charge in [-0.05, 0) is 40.0 Å². The Hall–Kier alpha value is -1.36. The molecule has 0 saturated carbocycles. The fraction of sp³-hybridized carbons (Fsp3) is 0.733. The molecule has 2 rings (SSSR count). The van der Waals surface area contributed by atoms with E-state index < -0.39 is 11.9 Å². The van der Waals surface area contributed by atoms with Gasteiger partial charge in [0, 0.05) is 18.1 Å². The SMILES string of the molecule is CC1CCC(C)N1C(C)C(=O)NC1C=CC(C(=O)O)C1. The molecule has 112 valence electrons. The molecule has 5 atom stereocenters. The molecule has 5 heteroatoms. The number of nitrogens with zero attached hydrogens (tertiary/aromatic N) is 1. The highest BCUT2D eigenvalue weighted by Crippen LogP contribution is 2.26. The van der Waals surface area contributed by atoms with Gasteiger partial charge in [0.1, 0.15) is 0 Å². The number of aliphatic carboxylic acids is 1. The van der Waals surface area contributed by atoms with Gasteiger partial charge in [-0.1, -0.05) is 12.2 Å². The Morgan fingerprint density at radius 1 is 1.25 bits per heavy atom. The van der Waals surface area contributed by atoms with Gasteiger partial charge in [0.2, 0.25) is 5.91 Å². The van der Waals surface area contributed by atoms with Crippen LogP contribution < -0.4 is 5.32 Å². The van der Waals surface area contributed by atoms with E-state index in [1.807, 2.05) is 6.92 Å². The number of carboxylic acid groups (broad SMARTS) is 1. The van der Waals surface area contributed by atoms with Crippen LogP contribution in [-0.4, -0.2) is 46.1 Å². The van der Waals surface area contributed by atoms with Crippen molar-refractivity contribution in [3.05, 3.63) is 12.2 Å². The van der Waals surface area contributed by atoms with Gasteiger partial charge in [0.05, 0.1) is 12.0 Å². The minimum atomic E-state index is -0.826. The van der Waals surface area contributed by atoms with E-state index in [1.54, 1.807) is 12.2 Å². The Morgan fingerprint density at radius 3 is 2.35 bits per heavy atom. The predicted molar refractivity (Wildman–Crippen MR) is 76.3 cm³/mol. The van der Waals surface area contributed by atoms with Gasteiger partial charge in [0.25, 0.3) is 0 Å². The molecule has 1 aliphatic carbocycles. The summed E-state index contributed by atoms with van der Waals surface area (Å²) in [6, 6.07) is 0.535. The molecule has 5 unspecified atom stereocenters. The van der Waals surface area contributed by atoms with Crippen molar-refractivity contribution in [2.24, 2.45) is 5.92 Å². The van der Waals surface area contributed by atoms with Gasteiger partial charge < -0.3 is 10.4 Å². The molecule has 1 amide bonds. The third kappa shape index (κ3) is 3.03. The molecule has 1 heterocycles. The molecule has 2 N–H and O–H groups in total. The number of carboxylic acids is 1. The van der Waals surface area contributed by atoms with Crippen molar-refractivity contribution in [2.45, 2.75) is 64.2 Å². The third-order valence-corrected chi connectivity index (χ3v) is 4.58. The first-order valence-corrected chi connectivity index (χ1v) is 7.39. The Balaban J connectivity index is 1.89. The number of hydrogen-bond donors (Lipinski definition) is 2. The molecule has 0 aromatic carbocycles. The van der Waals surface area contributed by atoms with E-state index >= 15 is 0 Å². The minimum Gasteiger partial charge on any atom is -0.481 e. The second-order valence-electron chi connectivity index (χ2n) is 6.08. The molecular formula is C15H24N2O3. The summed E-state index contributed by atoms with van der Waals surface area (Å²) in [4.78, 5) is 25.5. The quantitative estimate of drug-likeness (QED) is 0.764. The van der Waals surface area contributed by atoms with Crippen LogP contribution in [0.4, 0.5) is 0 Å². The number of hydrogen-bond acceptors (Lipinski definition) is 3. The van der Waals surface area contributed by atoms with Crippen LogP contribution in [0.2, 0.25) is 0 Å². The highest BCUT2D eigenvalue weighted by atomic mass is 16.4. The van der Waals surface area contributed by atoms with Crippen molar-refractivity contribution in [2.75, 3.05) is 0 Å². The summed E-state index contributed by atoms with van der Waals surface area (Å²) in [6.07, 6.45) is 6.17. The number of rotatable bonds is 4. The number of carbonyl (C=O) groups is 2. The molecule has 5 nitrogen and oxygen atoms in total. The second kappa shape index (κ2) is 5.95.